The first-order valence-electron chi connectivity index (χ1n) is 15.7. The number of rotatable bonds is 8. The van der Waals surface area contributed by atoms with E-state index in [2.05, 4.69) is 28.2 Å². The van der Waals surface area contributed by atoms with Gasteiger partial charge >= 0.3 is 0 Å². The zero-order valence-corrected chi connectivity index (χ0v) is 28.9. The predicted molar refractivity (Wildman–Crippen MR) is 196 cm³/mol. The summed E-state index contributed by atoms with van der Waals surface area (Å²) in [6.45, 7) is 4.39. The highest BCUT2D eigenvalue weighted by molar-refractivity contribution is 7.07. The lowest BCUT2D eigenvalue weighted by Crippen LogP contribution is -2.40. The van der Waals surface area contributed by atoms with Crippen molar-refractivity contribution in [3.05, 3.63) is 155 Å². The summed E-state index contributed by atoms with van der Waals surface area (Å²) < 4.78 is 15.4. The van der Waals surface area contributed by atoms with Gasteiger partial charge in [-0.1, -0.05) is 77.5 Å². The Morgan fingerprint density at radius 1 is 0.959 bits per heavy atom. The second-order valence-corrected chi connectivity index (χ2v) is 13.3. The highest BCUT2D eigenvalue weighted by Crippen LogP contribution is 2.36. The topological polar surface area (TPSA) is 86.9 Å². The lowest BCUT2D eigenvalue weighted by Gasteiger charge is -2.26. The smallest absolute Gasteiger partial charge is 0.271 e. The monoisotopic (exact) mass is 688 g/mol. The molecule has 1 atom stereocenters. The van der Waals surface area contributed by atoms with Crippen LogP contribution in [-0.2, 0) is 11.3 Å². The largest absolute Gasteiger partial charge is 0.493 e. The van der Waals surface area contributed by atoms with Crippen molar-refractivity contribution in [3.8, 4) is 11.5 Å². The van der Waals surface area contributed by atoms with Crippen molar-refractivity contribution in [1.82, 2.24) is 9.13 Å². The van der Waals surface area contributed by atoms with Crippen LogP contribution in [0.3, 0.4) is 0 Å². The molecule has 6 aromatic rings. The number of fused-ring (bicyclic) bond motifs is 2. The van der Waals surface area contributed by atoms with Gasteiger partial charge in [0.05, 0.1) is 36.1 Å². The van der Waals surface area contributed by atoms with Crippen LogP contribution in [-0.4, -0.2) is 29.3 Å². The average Bonchev–Trinajstić information content (AvgIpc) is 3.61. The van der Waals surface area contributed by atoms with E-state index in [1.807, 2.05) is 92.7 Å². The summed E-state index contributed by atoms with van der Waals surface area (Å²) in [4.78, 5) is 33.9. The Morgan fingerprint density at radius 3 is 2.45 bits per heavy atom. The summed E-state index contributed by atoms with van der Waals surface area (Å²) >= 11 is 7.43. The number of carbonyl (C=O) groups excluding carboxylic acids is 1. The third kappa shape index (κ3) is 6.07. The van der Waals surface area contributed by atoms with E-state index < -0.39 is 6.04 Å². The SMILES string of the molecule is COc1ccc([C@H]2C(C(=O)Nc3ccccc3C)=C(C)N=c3s/c(=C\c4cn(Cc5ccc(Cl)cc5)c5ccccc45)c(=O)n32)cc1OC. The van der Waals surface area contributed by atoms with E-state index in [4.69, 9.17) is 26.1 Å². The van der Waals surface area contributed by atoms with E-state index in [-0.39, 0.29) is 11.5 Å². The molecule has 0 aliphatic carbocycles. The molecule has 1 aliphatic rings. The molecule has 0 radical (unpaired) electrons. The molecule has 0 saturated heterocycles. The van der Waals surface area contributed by atoms with Crippen LogP contribution in [0.2, 0.25) is 5.02 Å². The molecule has 0 spiro atoms. The summed E-state index contributed by atoms with van der Waals surface area (Å²) in [5, 5.41) is 4.77. The number of methoxy groups -OCH3 is 2. The van der Waals surface area contributed by atoms with Crippen LogP contribution < -0.4 is 29.7 Å². The van der Waals surface area contributed by atoms with Gasteiger partial charge < -0.3 is 19.4 Å². The average molecular weight is 689 g/mol. The molecule has 4 aromatic carbocycles. The van der Waals surface area contributed by atoms with Gasteiger partial charge in [0.25, 0.3) is 11.5 Å². The Bertz CT molecular complexity index is 2460. The molecule has 246 valence electrons. The van der Waals surface area contributed by atoms with Gasteiger partial charge in [0.2, 0.25) is 0 Å². The number of anilines is 1. The van der Waals surface area contributed by atoms with E-state index in [1.54, 1.807) is 24.9 Å². The molecular weight excluding hydrogens is 656 g/mol. The Hall–Kier alpha value is -5.38. The van der Waals surface area contributed by atoms with Gasteiger partial charge in [0.15, 0.2) is 16.3 Å². The zero-order valence-electron chi connectivity index (χ0n) is 27.4. The maximum Gasteiger partial charge on any atom is 0.271 e. The van der Waals surface area contributed by atoms with Gasteiger partial charge in [-0.2, -0.15) is 0 Å². The van der Waals surface area contributed by atoms with Gasteiger partial charge in [-0.25, -0.2) is 4.99 Å². The highest BCUT2D eigenvalue weighted by atomic mass is 35.5. The molecule has 1 amide bonds. The quantitative estimate of drug-likeness (QED) is 0.189. The molecule has 8 nitrogen and oxygen atoms in total. The van der Waals surface area contributed by atoms with Crippen LogP contribution >= 0.6 is 22.9 Å². The number of ether oxygens (including phenoxy) is 2. The highest BCUT2D eigenvalue weighted by Gasteiger charge is 2.33. The van der Waals surface area contributed by atoms with Crippen LogP contribution in [0.15, 0.2) is 118 Å². The van der Waals surface area contributed by atoms with E-state index in [0.29, 0.717) is 54.9 Å². The van der Waals surface area contributed by atoms with Gasteiger partial charge in [0.1, 0.15) is 0 Å². The van der Waals surface area contributed by atoms with Gasteiger partial charge in [-0.3, -0.25) is 14.2 Å². The second kappa shape index (κ2) is 13.3. The van der Waals surface area contributed by atoms with Gasteiger partial charge in [0, 0.05) is 39.9 Å². The first-order valence-corrected chi connectivity index (χ1v) is 16.9. The summed E-state index contributed by atoms with van der Waals surface area (Å²) in [7, 11) is 3.13. The Labute approximate surface area is 291 Å². The molecule has 0 fully saturated rings. The number of aromatic nitrogens is 2. The number of benzene rings is 4. The summed E-state index contributed by atoms with van der Waals surface area (Å²) in [5.74, 6) is 0.694. The van der Waals surface area contributed by atoms with Crippen LogP contribution in [0.5, 0.6) is 11.5 Å². The normalized spacial score (nSPS) is 14.5. The fourth-order valence-corrected chi connectivity index (χ4v) is 7.47. The number of nitrogens with zero attached hydrogens (tertiary/aromatic N) is 3. The molecule has 0 unspecified atom stereocenters. The molecular formula is C39H33ClN4O4S. The van der Waals surface area contributed by atoms with Crippen molar-refractivity contribution in [3.63, 3.8) is 0 Å². The van der Waals surface area contributed by atoms with E-state index in [1.165, 1.54) is 11.3 Å². The second-order valence-electron chi connectivity index (χ2n) is 11.8. The van der Waals surface area contributed by atoms with Crippen molar-refractivity contribution in [1.29, 1.82) is 0 Å². The Morgan fingerprint density at radius 2 is 1.69 bits per heavy atom. The molecule has 49 heavy (non-hydrogen) atoms. The molecule has 7 rings (SSSR count). The number of hydrogen-bond acceptors (Lipinski definition) is 6. The lowest BCUT2D eigenvalue weighted by atomic mass is 9.94. The first kappa shape index (κ1) is 32.2. The van der Waals surface area contributed by atoms with Crippen molar-refractivity contribution < 1.29 is 14.3 Å². The molecule has 3 heterocycles. The maximum absolute atomic E-state index is 14.5. The standard InChI is InChI=1S/C39H33ClN4O4S/c1-23-9-5-7-11-30(23)42-37(45)35-24(2)41-39-44(36(35)26-15-18-32(47-3)33(19-26)48-4)38(46)34(49-39)20-27-22-43(31-12-8-6-10-29(27)31)21-25-13-16-28(40)17-14-25/h5-20,22,36H,21H2,1-4H3,(H,42,45)/b34-20-/t36-/m0/s1. The first-order chi connectivity index (χ1) is 23.7. The van der Waals surface area contributed by atoms with Crippen molar-refractivity contribution in [2.75, 3.05) is 19.5 Å². The third-order valence-corrected chi connectivity index (χ3v) is 9.99. The fourth-order valence-electron chi connectivity index (χ4n) is 6.30. The Kier molecular flexibility index (Phi) is 8.71. The summed E-state index contributed by atoms with van der Waals surface area (Å²) in [5.41, 5.74) is 6.01. The molecule has 1 aliphatic heterocycles. The number of nitrogens with one attached hydrogen (secondary N) is 1. The lowest BCUT2D eigenvalue weighted by molar-refractivity contribution is -0.113. The predicted octanol–water partition coefficient (Wildman–Crippen LogP) is 6.86. The molecule has 1 N–H and O–H groups in total. The Balaban J connectivity index is 1.38. The van der Waals surface area contributed by atoms with Crippen LogP contribution in [0.25, 0.3) is 17.0 Å². The van der Waals surface area contributed by atoms with Crippen LogP contribution in [0.4, 0.5) is 5.69 Å². The van der Waals surface area contributed by atoms with Crippen LogP contribution in [0, 0.1) is 6.92 Å². The fraction of sp³-hybridized carbons (Fsp3) is 0.154. The van der Waals surface area contributed by atoms with Crippen LogP contribution in [0.1, 0.15) is 35.2 Å². The van der Waals surface area contributed by atoms with E-state index >= 15 is 0 Å². The number of para-hydroxylation sites is 2. The van der Waals surface area contributed by atoms with Gasteiger partial charge in [-0.05, 0) is 73.0 Å². The molecule has 0 bridgehead atoms. The minimum Gasteiger partial charge on any atom is -0.493 e. The summed E-state index contributed by atoms with van der Waals surface area (Å²) in [6, 6.07) is 28.2. The maximum atomic E-state index is 14.5. The van der Waals surface area contributed by atoms with Crippen molar-refractivity contribution >= 4 is 51.5 Å². The zero-order chi connectivity index (χ0) is 34.2. The number of amides is 1. The number of hydrogen-bond donors (Lipinski definition) is 1. The van der Waals surface area contributed by atoms with Crippen molar-refractivity contribution in [2.45, 2.75) is 26.4 Å². The molecule has 2 aromatic heterocycles. The minimum absolute atomic E-state index is 0.244. The number of thiazole rings is 1. The van der Waals surface area contributed by atoms with E-state index in [9.17, 15) is 9.59 Å². The number of allylic oxidation sites excluding steroid dienone is 1. The molecule has 0 saturated carbocycles. The third-order valence-electron chi connectivity index (χ3n) is 8.76. The number of carbonyl (C=O) groups is 1. The number of aryl methyl sites for hydroxylation is 1. The minimum atomic E-state index is -0.770. The number of halogens is 1. The van der Waals surface area contributed by atoms with Gasteiger partial charge in [-0.15, -0.1) is 0 Å². The molecule has 10 heteroatoms. The van der Waals surface area contributed by atoms with E-state index in [0.717, 1.165) is 27.6 Å². The van der Waals surface area contributed by atoms with Crippen molar-refractivity contribution in [2.24, 2.45) is 4.99 Å². The summed E-state index contributed by atoms with van der Waals surface area (Å²) in [6.07, 6.45) is 3.98.